The molecule has 104 valence electrons. The van der Waals surface area contributed by atoms with E-state index in [4.69, 9.17) is 23.2 Å². The van der Waals surface area contributed by atoms with Crippen LogP contribution >= 0.6 is 23.2 Å². The first-order valence-corrected chi connectivity index (χ1v) is 6.74. The molecule has 0 aliphatic rings. The highest BCUT2D eigenvalue weighted by Crippen LogP contribution is 2.28. The quantitative estimate of drug-likeness (QED) is 0.636. The van der Waals surface area contributed by atoms with E-state index in [1.807, 2.05) is 13.0 Å². The van der Waals surface area contributed by atoms with Crippen LogP contribution in [-0.2, 0) is 4.79 Å². The minimum Gasteiger partial charge on any atom is -0.346 e. The largest absolute Gasteiger partial charge is 0.346 e. The van der Waals surface area contributed by atoms with Crippen LogP contribution in [0.15, 0.2) is 23.8 Å². The van der Waals surface area contributed by atoms with Crippen molar-refractivity contribution in [1.82, 2.24) is 5.32 Å². The molecule has 1 amide bonds. The maximum Gasteiger partial charge on any atom is 0.247 e. The summed E-state index contributed by atoms with van der Waals surface area (Å²) in [6.45, 7) is 5.42. The standard InChI is InChI=1S/C14H16Cl2FNO/c1-4-5-8(2)14(19)18-9(3)10-6-13(17)12(16)7-11(10)15/h5-7,9H,4H2,1-3H3,(H,18,19)/b8-5-. The van der Waals surface area contributed by atoms with Crippen molar-refractivity contribution < 1.29 is 9.18 Å². The molecule has 0 saturated carbocycles. The first-order valence-electron chi connectivity index (χ1n) is 5.98. The molecule has 1 N–H and O–H groups in total. The fourth-order valence-corrected chi connectivity index (χ4v) is 2.20. The predicted octanol–water partition coefficient (Wildman–Crippen LogP) is 4.67. The highest BCUT2D eigenvalue weighted by molar-refractivity contribution is 6.35. The van der Waals surface area contributed by atoms with Crippen LogP contribution < -0.4 is 5.32 Å². The van der Waals surface area contributed by atoms with Crippen LogP contribution in [0.5, 0.6) is 0 Å². The molecule has 0 aliphatic carbocycles. The van der Waals surface area contributed by atoms with Gasteiger partial charge in [0.15, 0.2) is 0 Å². The summed E-state index contributed by atoms with van der Waals surface area (Å²) in [6, 6.07) is 2.19. The molecule has 19 heavy (non-hydrogen) atoms. The molecular weight excluding hydrogens is 288 g/mol. The van der Waals surface area contributed by atoms with Gasteiger partial charge in [-0.05, 0) is 38.0 Å². The fourth-order valence-electron chi connectivity index (χ4n) is 1.66. The third-order valence-corrected chi connectivity index (χ3v) is 3.34. The Morgan fingerprint density at radius 2 is 2.05 bits per heavy atom. The van der Waals surface area contributed by atoms with Crippen molar-refractivity contribution in [3.8, 4) is 0 Å². The Labute approximate surface area is 122 Å². The van der Waals surface area contributed by atoms with Gasteiger partial charge in [-0.25, -0.2) is 4.39 Å². The van der Waals surface area contributed by atoms with Crippen molar-refractivity contribution in [3.05, 3.63) is 45.2 Å². The SMILES string of the molecule is CC/C=C(/C)C(=O)NC(C)c1cc(F)c(Cl)cc1Cl. The summed E-state index contributed by atoms with van der Waals surface area (Å²) in [4.78, 5) is 11.8. The maximum atomic E-state index is 13.4. The van der Waals surface area contributed by atoms with Crippen molar-refractivity contribution in [2.45, 2.75) is 33.2 Å². The van der Waals surface area contributed by atoms with Gasteiger partial charge in [0.1, 0.15) is 5.82 Å². The molecule has 0 radical (unpaired) electrons. The van der Waals surface area contributed by atoms with E-state index in [1.54, 1.807) is 13.8 Å². The van der Waals surface area contributed by atoms with Gasteiger partial charge >= 0.3 is 0 Å². The lowest BCUT2D eigenvalue weighted by atomic mass is 10.1. The molecule has 2 nitrogen and oxygen atoms in total. The summed E-state index contributed by atoms with van der Waals surface area (Å²) >= 11 is 11.6. The summed E-state index contributed by atoms with van der Waals surface area (Å²) in [7, 11) is 0. The summed E-state index contributed by atoms with van der Waals surface area (Å²) in [5, 5.41) is 3.06. The van der Waals surface area contributed by atoms with Gasteiger partial charge in [0, 0.05) is 10.6 Å². The molecule has 0 heterocycles. The first-order chi connectivity index (χ1) is 8.86. The number of nitrogens with one attached hydrogen (secondary N) is 1. The third kappa shape index (κ3) is 4.22. The van der Waals surface area contributed by atoms with Gasteiger partial charge in [-0.1, -0.05) is 36.2 Å². The van der Waals surface area contributed by atoms with Crippen LogP contribution in [0.2, 0.25) is 10.0 Å². The van der Waals surface area contributed by atoms with Gasteiger partial charge in [-0.3, -0.25) is 4.79 Å². The lowest BCUT2D eigenvalue weighted by molar-refractivity contribution is -0.118. The molecule has 1 unspecified atom stereocenters. The Kier molecular flexibility index (Phi) is 5.83. The first kappa shape index (κ1) is 16.0. The van der Waals surface area contributed by atoms with Crippen LogP contribution in [0.3, 0.4) is 0 Å². The summed E-state index contributed by atoms with van der Waals surface area (Å²) < 4.78 is 13.4. The van der Waals surface area contributed by atoms with E-state index in [0.29, 0.717) is 16.2 Å². The second-order valence-corrected chi connectivity index (χ2v) is 5.09. The van der Waals surface area contributed by atoms with Crippen LogP contribution in [0.25, 0.3) is 0 Å². The molecule has 1 rings (SSSR count). The maximum absolute atomic E-state index is 13.4. The zero-order chi connectivity index (χ0) is 14.6. The average molecular weight is 304 g/mol. The Hall–Kier alpha value is -1.06. The second kappa shape index (κ2) is 6.92. The Morgan fingerprint density at radius 3 is 2.63 bits per heavy atom. The Bertz CT molecular complexity index is 514. The monoisotopic (exact) mass is 303 g/mol. The highest BCUT2D eigenvalue weighted by Gasteiger charge is 2.16. The van der Waals surface area contributed by atoms with E-state index < -0.39 is 11.9 Å². The van der Waals surface area contributed by atoms with Crippen molar-refractivity contribution in [2.24, 2.45) is 0 Å². The van der Waals surface area contributed by atoms with Gasteiger partial charge in [0.05, 0.1) is 11.1 Å². The van der Waals surface area contributed by atoms with Crippen LogP contribution in [0.1, 0.15) is 38.8 Å². The molecule has 0 bridgehead atoms. The van der Waals surface area contributed by atoms with Crippen molar-refractivity contribution >= 4 is 29.1 Å². The molecule has 0 fully saturated rings. The highest BCUT2D eigenvalue weighted by atomic mass is 35.5. The molecule has 1 aromatic carbocycles. The molecule has 0 spiro atoms. The smallest absolute Gasteiger partial charge is 0.247 e. The molecule has 5 heteroatoms. The van der Waals surface area contributed by atoms with E-state index in [1.165, 1.54) is 12.1 Å². The van der Waals surface area contributed by atoms with Gasteiger partial charge in [0.2, 0.25) is 5.91 Å². The predicted molar refractivity (Wildman–Crippen MR) is 77.0 cm³/mol. The number of amides is 1. The van der Waals surface area contributed by atoms with E-state index in [9.17, 15) is 9.18 Å². The molecule has 0 aliphatic heterocycles. The normalized spacial score (nSPS) is 13.3. The van der Waals surface area contributed by atoms with E-state index in [-0.39, 0.29) is 10.9 Å². The topological polar surface area (TPSA) is 29.1 Å². The lowest BCUT2D eigenvalue weighted by Crippen LogP contribution is -2.27. The second-order valence-electron chi connectivity index (χ2n) is 4.28. The zero-order valence-electron chi connectivity index (χ0n) is 11.1. The Morgan fingerprint density at radius 1 is 1.42 bits per heavy atom. The average Bonchev–Trinajstić information content (AvgIpc) is 2.33. The van der Waals surface area contributed by atoms with Gasteiger partial charge in [-0.15, -0.1) is 0 Å². The van der Waals surface area contributed by atoms with E-state index in [2.05, 4.69) is 5.32 Å². The molecule has 0 aromatic heterocycles. The number of benzene rings is 1. The lowest BCUT2D eigenvalue weighted by Gasteiger charge is -2.16. The number of carbonyl (C=O) groups excluding carboxylic acids is 1. The summed E-state index contributed by atoms with van der Waals surface area (Å²) in [5.41, 5.74) is 1.13. The number of allylic oxidation sites excluding steroid dienone is 1. The molecule has 0 saturated heterocycles. The van der Waals surface area contributed by atoms with Gasteiger partial charge in [0.25, 0.3) is 0 Å². The minimum absolute atomic E-state index is 0.0330. The summed E-state index contributed by atoms with van der Waals surface area (Å²) in [5.74, 6) is -0.747. The Balaban J connectivity index is 2.90. The van der Waals surface area contributed by atoms with Gasteiger partial charge in [-0.2, -0.15) is 0 Å². The molecular formula is C14H16Cl2FNO. The van der Waals surface area contributed by atoms with Crippen molar-refractivity contribution in [1.29, 1.82) is 0 Å². The number of halogens is 3. The fraction of sp³-hybridized carbons (Fsp3) is 0.357. The molecule has 1 atom stereocenters. The third-order valence-electron chi connectivity index (χ3n) is 2.72. The van der Waals surface area contributed by atoms with Crippen LogP contribution in [-0.4, -0.2) is 5.91 Å². The van der Waals surface area contributed by atoms with E-state index in [0.717, 1.165) is 6.42 Å². The number of hydrogen-bond donors (Lipinski definition) is 1. The number of carbonyl (C=O) groups is 1. The van der Waals surface area contributed by atoms with E-state index >= 15 is 0 Å². The van der Waals surface area contributed by atoms with Crippen molar-refractivity contribution in [3.63, 3.8) is 0 Å². The minimum atomic E-state index is -0.553. The summed E-state index contributed by atoms with van der Waals surface area (Å²) in [6.07, 6.45) is 2.61. The number of rotatable bonds is 4. The zero-order valence-corrected chi connectivity index (χ0v) is 12.6. The van der Waals surface area contributed by atoms with Crippen LogP contribution in [0.4, 0.5) is 4.39 Å². The van der Waals surface area contributed by atoms with Crippen molar-refractivity contribution in [2.75, 3.05) is 0 Å². The van der Waals surface area contributed by atoms with Crippen LogP contribution in [0, 0.1) is 5.82 Å². The van der Waals surface area contributed by atoms with Gasteiger partial charge < -0.3 is 5.32 Å². The molecule has 1 aromatic rings. The number of hydrogen-bond acceptors (Lipinski definition) is 1.